The van der Waals surface area contributed by atoms with E-state index in [1.165, 1.54) is 11.1 Å². The number of hydrogen-bond donors (Lipinski definition) is 1. The molecule has 0 atom stereocenters. The summed E-state index contributed by atoms with van der Waals surface area (Å²) in [5, 5.41) is 0. The molecule has 2 nitrogen and oxygen atoms in total. The second kappa shape index (κ2) is 5.23. The van der Waals surface area contributed by atoms with Crippen LogP contribution in [0.4, 0.5) is 5.69 Å². The molecule has 19 heavy (non-hydrogen) atoms. The summed E-state index contributed by atoms with van der Waals surface area (Å²) in [4.78, 5) is 5.44. The Bertz CT molecular complexity index is 719. The Kier molecular flexibility index (Phi) is 3.44. The monoisotopic (exact) mass is 286 g/mol. The molecule has 4 heteroatoms. The van der Waals surface area contributed by atoms with Gasteiger partial charge in [-0.1, -0.05) is 24.3 Å². The first kappa shape index (κ1) is 12.5. The van der Waals surface area contributed by atoms with Crippen LogP contribution in [0.1, 0.15) is 11.1 Å². The highest BCUT2D eigenvalue weighted by molar-refractivity contribution is 7.98. The molecule has 1 aromatic heterocycles. The van der Waals surface area contributed by atoms with Crippen molar-refractivity contribution in [2.24, 2.45) is 0 Å². The first-order valence-corrected chi connectivity index (χ1v) is 7.91. The molecule has 0 radical (unpaired) electrons. The first-order valence-electron chi connectivity index (χ1n) is 6.04. The van der Waals surface area contributed by atoms with Crippen molar-refractivity contribution in [3.8, 4) is 0 Å². The van der Waals surface area contributed by atoms with E-state index >= 15 is 0 Å². The van der Waals surface area contributed by atoms with Gasteiger partial charge in [0.05, 0.1) is 15.9 Å². The van der Waals surface area contributed by atoms with Crippen LogP contribution in [0.15, 0.2) is 46.8 Å². The van der Waals surface area contributed by atoms with Gasteiger partial charge in [0.1, 0.15) is 5.52 Å². The first-order chi connectivity index (χ1) is 9.25. The van der Waals surface area contributed by atoms with Gasteiger partial charge in [0.15, 0.2) is 0 Å². The second-order valence-corrected chi connectivity index (χ2v) is 6.30. The van der Waals surface area contributed by atoms with Crippen molar-refractivity contribution in [3.63, 3.8) is 0 Å². The van der Waals surface area contributed by atoms with E-state index < -0.39 is 0 Å². The molecule has 0 aliphatic carbocycles. The molecule has 96 valence electrons. The van der Waals surface area contributed by atoms with Crippen molar-refractivity contribution >= 4 is 39.0 Å². The fraction of sp³-hybridized carbons (Fsp3) is 0.133. The molecule has 2 N–H and O–H groups in total. The molecule has 0 aliphatic rings. The number of nitrogen functional groups attached to an aromatic ring is 1. The normalized spacial score (nSPS) is 11.0. The summed E-state index contributed by atoms with van der Waals surface area (Å²) in [5.41, 5.74) is 12.4. The van der Waals surface area contributed by atoms with Crippen molar-refractivity contribution < 1.29 is 0 Å². The topological polar surface area (TPSA) is 38.9 Å². The van der Waals surface area contributed by atoms with Gasteiger partial charge in [0.25, 0.3) is 0 Å². The highest BCUT2D eigenvalue weighted by atomic mass is 32.2. The van der Waals surface area contributed by atoms with E-state index in [1.54, 1.807) is 23.1 Å². The van der Waals surface area contributed by atoms with E-state index in [9.17, 15) is 0 Å². The molecule has 0 fully saturated rings. The Balaban J connectivity index is 1.86. The van der Waals surface area contributed by atoms with E-state index in [0.717, 1.165) is 26.6 Å². The number of hydrogen-bond acceptors (Lipinski definition) is 4. The third-order valence-electron chi connectivity index (χ3n) is 3.15. The molecule has 0 bridgehead atoms. The lowest BCUT2D eigenvalue weighted by atomic mass is 10.1. The minimum absolute atomic E-state index is 0.803. The van der Waals surface area contributed by atoms with Crippen LogP contribution in [0.25, 0.3) is 10.2 Å². The van der Waals surface area contributed by atoms with Gasteiger partial charge in [-0.15, -0.1) is 23.1 Å². The zero-order valence-electron chi connectivity index (χ0n) is 10.6. The molecule has 1 heterocycles. The number of nitrogens with zero attached hydrogens (tertiary/aromatic N) is 1. The summed E-state index contributed by atoms with van der Waals surface area (Å²) in [6.45, 7) is 2.14. The predicted molar refractivity (Wildman–Crippen MR) is 84.8 cm³/mol. The Labute approximate surface area is 120 Å². The van der Waals surface area contributed by atoms with Gasteiger partial charge < -0.3 is 5.73 Å². The molecule has 0 aliphatic heterocycles. The largest absolute Gasteiger partial charge is 0.396 e. The van der Waals surface area contributed by atoms with Gasteiger partial charge in [0.2, 0.25) is 0 Å². The smallest absolute Gasteiger partial charge is 0.105 e. The number of thiazole rings is 1. The predicted octanol–water partition coefficient (Wildman–Crippen LogP) is 4.48. The van der Waals surface area contributed by atoms with E-state index in [4.69, 9.17) is 5.73 Å². The molecule has 3 aromatic rings. The van der Waals surface area contributed by atoms with Crippen LogP contribution < -0.4 is 5.73 Å². The number of benzene rings is 2. The van der Waals surface area contributed by atoms with Crippen LogP contribution >= 0.6 is 23.1 Å². The summed E-state index contributed by atoms with van der Waals surface area (Å²) in [6, 6.07) is 12.7. The molecule has 0 spiro atoms. The lowest BCUT2D eigenvalue weighted by molar-refractivity contribution is 1.30. The fourth-order valence-electron chi connectivity index (χ4n) is 1.99. The zero-order chi connectivity index (χ0) is 13.2. The number of aryl methyl sites for hydroxylation is 1. The molecule has 0 saturated heterocycles. The number of anilines is 1. The molecular weight excluding hydrogens is 272 g/mol. The molecule has 0 unspecified atom stereocenters. The van der Waals surface area contributed by atoms with Gasteiger partial charge in [-0.3, -0.25) is 0 Å². The van der Waals surface area contributed by atoms with Crippen molar-refractivity contribution in [3.05, 3.63) is 53.0 Å². The number of aromatic nitrogens is 1. The summed E-state index contributed by atoms with van der Waals surface area (Å²) in [6.07, 6.45) is 0. The average Bonchev–Trinajstić information content (AvgIpc) is 2.89. The van der Waals surface area contributed by atoms with E-state index in [1.807, 2.05) is 5.51 Å². The van der Waals surface area contributed by atoms with Crippen LogP contribution in [-0.4, -0.2) is 4.98 Å². The van der Waals surface area contributed by atoms with Crippen LogP contribution in [-0.2, 0) is 5.75 Å². The Morgan fingerprint density at radius 1 is 1.21 bits per heavy atom. The van der Waals surface area contributed by atoms with Crippen molar-refractivity contribution in [2.45, 2.75) is 17.6 Å². The van der Waals surface area contributed by atoms with Crippen LogP contribution in [0.2, 0.25) is 0 Å². The zero-order valence-corrected chi connectivity index (χ0v) is 12.2. The molecule has 2 aromatic carbocycles. The fourth-order valence-corrected chi connectivity index (χ4v) is 3.73. The summed E-state index contributed by atoms with van der Waals surface area (Å²) < 4.78 is 1.15. The maximum atomic E-state index is 6.19. The minimum Gasteiger partial charge on any atom is -0.396 e. The number of fused-ring (bicyclic) bond motifs is 1. The highest BCUT2D eigenvalue weighted by Crippen LogP contribution is 2.34. The third kappa shape index (κ3) is 2.46. The van der Waals surface area contributed by atoms with Crippen LogP contribution in [0, 0.1) is 6.92 Å². The molecule has 3 rings (SSSR count). The number of rotatable bonds is 3. The van der Waals surface area contributed by atoms with Gasteiger partial charge >= 0.3 is 0 Å². The Hall–Kier alpha value is -1.52. The Morgan fingerprint density at radius 3 is 2.89 bits per heavy atom. The SMILES string of the molecule is Cc1ccccc1CSc1ccc2scnc2c1N. The van der Waals surface area contributed by atoms with Gasteiger partial charge in [-0.2, -0.15) is 0 Å². The lowest BCUT2D eigenvalue weighted by Crippen LogP contribution is -1.91. The number of nitrogens with two attached hydrogens (primary N) is 1. The van der Waals surface area contributed by atoms with E-state index in [-0.39, 0.29) is 0 Å². The third-order valence-corrected chi connectivity index (χ3v) is 5.06. The summed E-state index contributed by atoms with van der Waals surface area (Å²) in [7, 11) is 0. The molecule has 0 saturated carbocycles. The quantitative estimate of drug-likeness (QED) is 0.570. The maximum absolute atomic E-state index is 6.19. The van der Waals surface area contributed by atoms with Crippen molar-refractivity contribution in [1.29, 1.82) is 0 Å². The standard InChI is InChI=1S/C15H14N2S2/c1-10-4-2-3-5-11(10)8-18-12-6-7-13-15(14(12)16)17-9-19-13/h2-7,9H,8,16H2,1H3. The average molecular weight is 286 g/mol. The summed E-state index contributed by atoms with van der Waals surface area (Å²) in [5.74, 6) is 0.937. The van der Waals surface area contributed by atoms with Gasteiger partial charge in [-0.25, -0.2) is 4.98 Å². The maximum Gasteiger partial charge on any atom is 0.105 e. The van der Waals surface area contributed by atoms with Crippen molar-refractivity contribution in [1.82, 2.24) is 4.98 Å². The summed E-state index contributed by atoms with van der Waals surface area (Å²) >= 11 is 3.40. The van der Waals surface area contributed by atoms with Gasteiger partial charge in [-0.05, 0) is 30.2 Å². The minimum atomic E-state index is 0.803. The van der Waals surface area contributed by atoms with Crippen molar-refractivity contribution in [2.75, 3.05) is 5.73 Å². The van der Waals surface area contributed by atoms with E-state index in [0.29, 0.717) is 0 Å². The van der Waals surface area contributed by atoms with Crippen LogP contribution in [0.3, 0.4) is 0 Å². The highest BCUT2D eigenvalue weighted by Gasteiger charge is 2.08. The van der Waals surface area contributed by atoms with E-state index in [2.05, 4.69) is 48.3 Å². The second-order valence-electron chi connectivity index (χ2n) is 4.39. The molecular formula is C15H14N2S2. The van der Waals surface area contributed by atoms with Crippen LogP contribution in [0.5, 0.6) is 0 Å². The van der Waals surface area contributed by atoms with Gasteiger partial charge in [0, 0.05) is 10.6 Å². The molecule has 0 amide bonds. The Morgan fingerprint density at radius 2 is 2.05 bits per heavy atom. The number of thioether (sulfide) groups is 1. The lowest BCUT2D eigenvalue weighted by Gasteiger charge is -2.08.